The number of alkyl halides is 1. The van der Waals surface area contributed by atoms with Crippen molar-refractivity contribution < 1.29 is 0 Å². The van der Waals surface area contributed by atoms with Gasteiger partial charge in [-0.1, -0.05) is 53.4 Å². The zero-order valence-corrected chi connectivity index (χ0v) is 12.4. The van der Waals surface area contributed by atoms with E-state index in [2.05, 4.69) is 32.9 Å². The van der Waals surface area contributed by atoms with Crippen molar-refractivity contribution in [3.8, 4) is 0 Å². The fourth-order valence-electron chi connectivity index (χ4n) is 2.48. The van der Waals surface area contributed by atoms with E-state index in [4.69, 9.17) is 0 Å². The number of rotatable bonds is 2. The van der Waals surface area contributed by atoms with Gasteiger partial charge in [0.15, 0.2) is 5.17 Å². The minimum Gasteiger partial charge on any atom is -0.352 e. The molecule has 0 aromatic rings. The zero-order chi connectivity index (χ0) is 11.4. The quantitative estimate of drug-likeness (QED) is 0.573. The summed E-state index contributed by atoms with van der Waals surface area (Å²) in [5, 5.41) is 2.99. The van der Waals surface area contributed by atoms with E-state index in [1.807, 2.05) is 11.8 Å². The molecule has 16 heavy (non-hydrogen) atoms. The van der Waals surface area contributed by atoms with Crippen LogP contribution in [-0.4, -0.2) is 40.3 Å². The molecule has 2 nitrogen and oxygen atoms in total. The largest absolute Gasteiger partial charge is 0.352 e. The van der Waals surface area contributed by atoms with E-state index in [0.29, 0.717) is 5.25 Å². The molecule has 4 heteroatoms. The minimum absolute atomic E-state index is 0.656. The molecule has 1 unspecified atom stereocenters. The number of halogens is 1. The lowest BCUT2D eigenvalue weighted by Crippen LogP contribution is -2.34. The molecule has 0 saturated heterocycles. The third-order valence-corrected chi connectivity index (χ3v) is 6.04. The molecule has 1 aliphatic carbocycles. The number of hydrogen-bond acceptors (Lipinski definition) is 3. The second-order valence-corrected chi connectivity index (χ2v) is 6.69. The highest BCUT2D eigenvalue weighted by molar-refractivity contribution is 9.09. The second kappa shape index (κ2) is 6.29. The summed E-state index contributed by atoms with van der Waals surface area (Å²) in [5.41, 5.74) is 0. The highest BCUT2D eigenvalue weighted by atomic mass is 79.9. The molecule has 1 aliphatic heterocycles. The van der Waals surface area contributed by atoms with E-state index in [1.165, 1.54) is 43.7 Å². The number of thioether (sulfide) groups is 1. The van der Waals surface area contributed by atoms with Gasteiger partial charge in [-0.15, -0.1) is 0 Å². The molecule has 0 spiro atoms. The van der Waals surface area contributed by atoms with Gasteiger partial charge in [-0.05, 0) is 12.8 Å². The Kier molecular flexibility index (Phi) is 5.01. The van der Waals surface area contributed by atoms with Gasteiger partial charge in [0.2, 0.25) is 0 Å². The van der Waals surface area contributed by atoms with E-state index in [9.17, 15) is 0 Å². The van der Waals surface area contributed by atoms with Crippen LogP contribution in [0.4, 0.5) is 0 Å². The van der Waals surface area contributed by atoms with Crippen molar-refractivity contribution in [3.63, 3.8) is 0 Å². The van der Waals surface area contributed by atoms with Gasteiger partial charge >= 0.3 is 0 Å². The smallest absolute Gasteiger partial charge is 0.159 e. The monoisotopic (exact) mass is 304 g/mol. The predicted octanol–water partition coefficient (Wildman–Crippen LogP) is 3.51. The summed E-state index contributed by atoms with van der Waals surface area (Å²) in [7, 11) is 2.23. The maximum absolute atomic E-state index is 4.67. The first-order chi connectivity index (χ1) is 7.81. The minimum atomic E-state index is 0.656. The van der Waals surface area contributed by atoms with Crippen LogP contribution in [0.3, 0.4) is 0 Å². The van der Waals surface area contributed by atoms with Crippen LogP contribution in [0.15, 0.2) is 4.99 Å². The zero-order valence-electron chi connectivity index (χ0n) is 9.99. The van der Waals surface area contributed by atoms with Crippen molar-refractivity contribution in [2.24, 2.45) is 4.99 Å². The van der Waals surface area contributed by atoms with Crippen LogP contribution in [0.5, 0.6) is 0 Å². The number of nitrogens with zero attached hydrogens (tertiary/aromatic N) is 2. The Morgan fingerprint density at radius 3 is 2.56 bits per heavy atom. The molecule has 2 aliphatic rings. The van der Waals surface area contributed by atoms with Crippen LogP contribution < -0.4 is 0 Å². The summed E-state index contributed by atoms with van der Waals surface area (Å²) < 4.78 is 0. The normalized spacial score (nSPS) is 27.6. The van der Waals surface area contributed by atoms with Crippen LogP contribution >= 0.6 is 27.7 Å². The lowest BCUT2D eigenvalue weighted by molar-refractivity contribution is 0.335. The fraction of sp³-hybridized carbons (Fsp3) is 0.917. The summed E-state index contributed by atoms with van der Waals surface area (Å²) >= 11 is 5.50. The molecule has 0 bridgehead atoms. The lowest BCUT2D eigenvalue weighted by Gasteiger charge is -2.28. The number of hydrogen-bond donors (Lipinski definition) is 0. The molecule has 0 N–H and O–H groups in total. The SMILES string of the molecule is CN(C1=NCC(CBr)S1)C1CCCCCC1. The standard InChI is InChI=1S/C12H21BrN2S/c1-15(10-6-4-2-3-5-7-10)12-14-9-11(8-13)16-12/h10-11H,2-9H2,1H3. The molecule has 0 amide bonds. The maximum atomic E-state index is 4.67. The first-order valence-electron chi connectivity index (χ1n) is 6.31. The molecular formula is C12H21BrN2S. The van der Waals surface area contributed by atoms with Crippen molar-refractivity contribution in [3.05, 3.63) is 0 Å². The predicted molar refractivity (Wildman–Crippen MR) is 76.7 cm³/mol. The van der Waals surface area contributed by atoms with Crippen molar-refractivity contribution in [2.75, 3.05) is 18.9 Å². The molecular weight excluding hydrogens is 284 g/mol. The summed E-state index contributed by atoms with van der Waals surface area (Å²) in [5.74, 6) is 0. The van der Waals surface area contributed by atoms with Gasteiger partial charge < -0.3 is 4.90 Å². The first-order valence-corrected chi connectivity index (χ1v) is 8.31. The van der Waals surface area contributed by atoms with E-state index < -0.39 is 0 Å². The van der Waals surface area contributed by atoms with Crippen molar-refractivity contribution >= 4 is 32.9 Å². The number of amidine groups is 1. The molecule has 0 radical (unpaired) electrons. The van der Waals surface area contributed by atoms with Crippen molar-refractivity contribution in [1.29, 1.82) is 0 Å². The number of aliphatic imine (C=N–C) groups is 1. The summed E-state index contributed by atoms with van der Waals surface area (Å²) in [6.45, 7) is 0.988. The molecule has 0 aromatic heterocycles. The average molecular weight is 305 g/mol. The summed E-state index contributed by atoms with van der Waals surface area (Å²) in [4.78, 5) is 7.11. The molecule has 1 heterocycles. The van der Waals surface area contributed by atoms with E-state index in [-0.39, 0.29) is 0 Å². The Hall–Kier alpha value is 0.300. The van der Waals surface area contributed by atoms with Crippen LogP contribution in [0.1, 0.15) is 38.5 Å². The Labute approximate surface area is 111 Å². The molecule has 92 valence electrons. The molecule has 1 fully saturated rings. The van der Waals surface area contributed by atoms with E-state index >= 15 is 0 Å². The second-order valence-electron chi connectivity index (χ2n) is 4.77. The van der Waals surface area contributed by atoms with Crippen LogP contribution in [0.2, 0.25) is 0 Å². The van der Waals surface area contributed by atoms with Gasteiger partial charge in [-0.25, -0.2) is 0 Å². The summed E-state index contributed by atoms with van der Waals surface area (Å²) in [6, 6.07) is 0.739. The third kappa shape index (κ3) is 3.16. The van der Waals surface area contributed by atoms with Crippen molar-refractivity contribution in [1.82, 2.24) is 4.90 Å². The Morgan fingerprint density at radius 1 is 1.31 bits per heavy atom. The van der Waals surface area contributed by atoms with Gasteiger partial charge in [-0.3, -0.25) is 4.99 Å². The Morgan fingerprint density at radius 2 is 2.00 bits per heavy atom. The molecule has 1 atom stereocenters. The lowest BCUT2D eigenvalue weighted by atomic mass is 10.1. The third-order valence-electron chi connectivity index (χ3n) is 3.55. The van der Waals surface area contributed by atoms with E-state index in [1.54, 1.807) is 0 Å². The Bertz CT molecular complexity index is 249. The fourth-order valence-corrected chi connectivity index (χ4v) is 4.06. The van der Waals surface area contributed by atoms with Crippen LogP contribution in [0.25, 0.3) is 0 Å². The first kappa shape index (κ1) is 12.7. The topological polar surface area (TPSA) is 15.6 Å². The van der Waals surface area contributed by atoms with Gasteiger partial charge in [0.25, 0.3) is 0 Å². The average Bonchev–Trinajstić information content (AvgIpc) is 2.62. The van der Waals surface area contributed by atoms with Gasteiger partial charge in [0.05, 0.1) is 6.54 Å². The van der Waals surface area contributed by atoms with Gasteiger partial charge in [0.1, 0.15) is 0 Å². The molecule has 2 rings (SSSR count). The van der Waals surface area contributed by atoms with Gasteiger partial charge in [-0.2, -0.15) is 0 Å². The molecule has 0 aromatic carbocycles. The maximum Gasteiger partial charge on any atom is 0.159 e. The highest BCUT2D eigenvalue weighted by Gasteiger charge is 2.25. The van der Waals surface area contributed by atoms with Crippen LogP contribution in [-0.2, 0) is 0 Å². The highest BCUT2D eigenvalue weighted by Crippen LogP contribution is 2.28. The van der Waals surface area contributed by atoms with Crippen LogP contribution in [0, 0.1) is 0 Å². The van der Waals surface area contributed by atoms with Gasteiger partial charge in [0, 0.05) is 23.7 Å². The Balaban J connectivity index is 1.88. The van der Waals surface area contributed by atoms with E-state index in [0.717, 1.165) is 17.9 Å². The van der Waals surface area contributed by atoms with Crippen molar-refractivity contribution in [2.45, 2.75) is 49.8 Å². The molecule has 1 saturated carbocycles. The summed E-state index contributed by atoms with van der Waals surface area (Å²) in [6.07, 6.45) is 8.36.